The third-order valence-electron chi connectivity index (χ3n) is 2.65. The number of benzene rings is 1. The lowest BCUT2D eigenvalue weighted by molar-refractivity contribution is -0.144. The summed E-state index contributed by atoms with van der Waals surface area (Å²) >= 11 is 0. The van der Waals surface area contributed by atoms with Gasteiger partial charge in [-0.05, 0) is 37.6 Å². The summed E-state index contributed by atoms with van der Waals surface area (Å²) in [7, 11) is 0. The first-order chi connectivity index (χ1) is 7.91. The topological polar surface area (TPSA) is 49.3 Å². The first-order valence-electron chi connectivity index (χ1n) is 5.35. The summed E-state index contributed by atoms with van der Waals surface area (Å²) in [5.41, 5.74) is -1.22. The molecule has 0 amide bonds. The van der Waals surface area contributed by atoms with Crippen LogP contribution in [0, 0.1) is 11.6 Å². The molecule has 1 unspecified atom stereocenters. The number of rotatable bonds is 5. The van der Waals surface area contributed by atoms with E-state index in [1.165, 1.54) is 13.0 Å². The lowest BCUT2D eigenvalue weighted by Gasteiger charge is -2.26. The summed E-state index contributed by atoms with van der Waals surface area (Å²) in [5, 5.41) is 12.0. The van der Waals surface area contributed by atoms with E-state index in [9.17, 15) is 18.7 Å². The molecule has 94 valence electrons. The Labute approximate surface area is 98.5 Å². The fourth-order valence-electron chi connectivity index (χ4n) is 1.48. The summed E-state index contributed by atoms with van der Waals surface area (Å²) in [6.07, 6.45) is 0.743. The maximum atomic E-state index is 13.1. The zero-order valence-electron chi connectivity index (χ0n) is 9.76. The second-order valence-electron chi connectivity index (χ2n) is 3.99. The molecule has 0 aromatic heterocycles. The van der Waals surface area contributed by atoms with Gasteiger partial charge in [-0.15, -0.1) is 0 Å². The number of hydrogen-bond donors (Lipinski definition) is 2. The number of carboxylic acid groups (broad SMARTS) is 1. The van der Waals surface area contributed by atoms with Gasteiger partial charge in [0, 0.05) is 0 Å². The molecule has 1 rings (SSSR count). The molecule has 0 saturated carbocycles. The molecule has 1 aromatic rings. The minimum Gasteiger partial charge on any atom is -0.480 e. The molecule has 0 radical (unpaired) electrons. The predicted molar refractivity (Wildman–Crippen MR) is 59.6 cm³/mol. The summed E-state index contributed by atoms with van der Waals surface area (Å²) in [6, 6.07) is 3.11. The molecular weight excluding hydrogens is 228 g/mol. The largest absolute Gasteiger partial charge is 0.480 e. The molecule has 3 nitrogen and oxygen atoms in total. The molecule has 0 spiro atoms. The highest BCUT2D eigenvalue weighted by Gasteiger charge is 2.34. The highest BCUT2D eigenvalue weighted by Crippen LogP contribution is 2.23. The molecule has 5 heteroatoms. The second kappa shape index (κ2) is 5.23. The van der Waals surface area contributed by atoms with E-state index in [1.807, 2.05) is 6.92 Å². The van der Waals surface area contributed by atoms with Crippen molar-refractivity contribution in [3.63, 3.8) is 0 Å². The predicted octanol–water partition coefficient (Wildman–Crippen LogP) is 2.26. The lowest BCUT2D eigenvalue weighted by Crippen LogP contribution is -2.47. The SMILES string of the molecule is CCCNC(C)(C(=O)O)c1ccc(F)c(F)c1. The Morgan fingerprint density at radius 3 is 2.53 bits per heavy atom. The van der Waals surface area contributed by atoms with Crippen LogP contribution in [-0.2, 0) is 10.3 Å². The standard InChI is InChI=1S/C12H15F2NO2/c1-3-6-15-12(2,11(16)17)8-4-5-9(13)10(14)7-8/h4-5,7,15H,3,6H2,1-2H3,(H,16,17). The molecule has 17 heavy (non-hydrogen) atoms. The van der Waals surface area contributed by atoms with Crippen molar-refractivity contribution in [2.45, 2.75) is 25.8 Å². The van der Waals surface area contributed by atoms with Gasteiger partial charge >= 0.3 is 5.97 Å². The molecular formula is C12H15F2NO2. The van der Waals surface area contributed by atoms with Crippen LogP contribution in [-0.4, -0.2) is 17.6 Å². The average molecular weight is 243 g/mol. The normalized spacial score (nSPS) is 14.4. The van der Waals surface area contributed by atoms with Crippen LogP contribution in [0.25, 0.3) is 0 Å². The summed E-state index contributed by atoms with van der Waals surface area (Å²) in [6.45, 7) is 3.79. The van der Waals surface area contributed by atoms with Gasteiger partial charge in [-0.25, -0.2) is 13.6 Å². The fraction of sp³-hybridized carbons (Fsp3) is 0.417. The van der Waals surface area contributed by atoms with Crippen molar-refractivity contribution >= 4 is 5.97 Å². The molecule has 0 bridgehead atoms. The van der Waals surface area contributed by atoms with Crippen molar-refractivity contribution in [2.75, 3.05) is 6.54 Å². The summed E-state index contributed by atoms with van der Waals surface area (Å²) in [5.74, 6) is -3.16. The molecule has 2 N–H and O–H groups in total. The smallest absolute Gasteiger partial charge is 0.328 e. The number of aliphatic carboxylic acids is 1. The van der Waals surface area contributed by atoms with Crippen molar-refractivity contribution in [1.29, 1.82) is 0 Å². The van der Waals surface area contributed by atoms with Crippen molar-refractivity contribution in [2.24, 2.45) is 0 Å². The second-order valence-corrected chi connectivity index (χ2v) is 3.99. The minimum absolute atomic E-state index is 0.192. The number of carboxylic acids is 1. The maximum absolute atomic E-state index is 13.1. The van der Waals surface area contributed by atoms with Crippen molar-refractivity contribution in [3.05, 3.63) is 35.4 Å². The zero-order chi connectivity index (χ0) is 13.1. The van der Waals surface area contributed by atoms with Crippen molar-refractivity contribution in [1.82, 2.24) is 5.32 Å². The van der Waals surface area contributed by atoms with E-state index < -0.39 is 23.1 Å². The first kappa shape index (κ1) is 13.6. The fourth-order valence-corrected chi connectivity index (χ4v) is 1.48. The molecule has 0 heterocycles. The van der Waals surface area contributed by atoms with Crippen molar-refractivity contribution in [3.8, 4) is 0 Å². The third-order valence-corrected chi connectivity index (χ3v) is 2.65. The number of halogens is 2. The van der Waals surface area contributed by atoms with Gasteiger partial charge in [0.15, 0.2) is 11.6 Å². The Hall–Kier alpha value is -1.49. The van der Waals surface area contributed by atoms with Gasteiger partial charge in [0.25, 0.3) is 0 Å². The zero-order valence-corrected chi connectivity index (χ0v) is 9.76. The Bertz CT molecular complexity index is 423. The van der Waals surface area contributed by atoms with Crippen LogP contribution in [0.4, 0.5) is 8.78 Å². The number of carbonyl (C=O) groups is 1. The van der Waals surface area contributed by atoms with Crippen LogP contribution < -0.4 is 5.32 Å². The Morgan fingerprint density at radius 1 is 1.41 bits per heavy atom. The highest BCUT2D eigenvalue weighted by molar-refractivity contribution is 5.80. The molecule has 0 fully saturated rings. The quantitative estimate of drug-likeness (QED) is 0.834. The van der Waals surface area contributed by atoms with Crippen LogP contribution in [0.5, 0.6) is 0 Å². The maximum Gasteiger partial charge on any atom is 0.328 e. The van der Waals surface area contributed by atoms with E-state index in [2.05, 4.69) is 5.32 Å². The van der Waals surface area contributed by atoms with E-state index in [4.69, 9.17) is 0 Å². The van der Waals surface area contributed by atoms with Crippen LogP contribution >= 0.6 is 0 Å². The van der Waals surface area contributed by atoms with Gasteiger partial charge in [0.05, 0.1) is 0 Å². The van der Waals surface area contributed by atoms with Crippen LogP contribution in [0.2, 0.25) is 0 Å². The summed E-state index contributed by atoms with van der Waals surface area (Å²) in [4.78, 5) is 11.2. The molecule has 0 aliphatic rings. The van der Waals surface area contributed by atoms with E-state index in [0.29, 0.717) is 6.54 Å². The monoisotopic (exact) mass is 243 g/mol. The third kappa shape index (κ3) is 2.79. The van der Waals surface area contributed by atoms with E-state index in [1.54, 1.807) is 0 Å². The number of hydrogen-bond acceptors (Lipinski definition) is 2. The number of nitrogens with one attached hydrogen (secondary N) is 1. The van der Waals surface area contributed by atoms with Crippen LogP contribution in [0.15, 0.2) is 18.2 Å². The van der Waals surface area contributed by atoms with Gasteiger partial charge in [-0.3, -0.25) is 5.32 Å². The Morgan fingerprint density at radius 2 is 2.06 bits per heavy atom. The van der Waals surface area contributed by atoms with Crippen molar-refractivity contribution < 1.29 is 18.7 Å². The lowest BCUT2D eigenvalue weighted by atomic mass is 9.91. The molecule has 0 aliphatic heterocycles. The van der Waals surface area contributed by atoms with E-state index in [0.717, 1.165) is 18.6 Å². The van der Waals surface area contributed by atoms with Gasteiger partial charge < -0.3 is 5.11 Å². The first-order valence-corrected chi connectivity index (χ1v) is 5.35. The van der Waals surface area contributed by atoms with Gasteiger partial charge in [0.1, 0.15) is 5.54 Å². The molecule has 0 saturated heterocycles. The highest BCUT2D eigenvalue weighted by atomic mass is 19.2. The minimum atomic E-state index is -1.41. The van der Waals surface area contributed by atoms with Gasteiger partial charge in [-0.2, -0.15) is 0 Å². The summed E-state index contributed by atoms with van der Waals surface area (Å²) < 4.78 is 25.9. The van der Waals surface area contributed by atoms with Gasteiger partial charge in [0.2, 0.25) is 0 Å². The molecule has 1 aromatic carbocycles. The Kier molecular flexibility index (Phi) is 4.17. The molecule has 0 aliphatic carbocycles. The van der Waals surface area contributed by atoms with Crippen LogP contribution in [0.1, 0.15) is 25.8 Å². The van der Waals surface area contributed by atoms with E-state index in [-0.39, 0.29) is 5.56 Å². The van der Waals surface area contributed by atoms with Crippen LogP contribution in [0.3, 0.4) is 0 Å². The Balaban J connectivity index is 3.13. The average Bonchev–Trinajstić information content (AvgIpc) is 2.29. The van der Waals surface area contributed by atoms with Gasteiger partial charge in [-0.1, -0.05) is 13.0 Å². The van der Waals surface area contributed by atoms with E-state index >= 15 is 0 Å². The molecule has 1 atom stereocenters.